The molecule has 0 aliphatic rings. The van der Waals surface area contributed by atoms with Gasteiger partial charge in [0.25, 0.3) is 0 Å². The predicted octanol–water partition coefficient (Wildman–Crippen LogP) is 4.93. The first-order valence-corrected chi connectivity index (χ1v) is 10.1. The molecule has 1 atom stereocenters. The number of hydrogen-bond acceptors (Lipinski definition) is 4. The minimum atomic E-state index is -0.771. The van der Waals surface area contributed by atoms with E-state index in [2.05, 4.69) is 10.3 Å². The average Bonchev–Trinajstić information content (AvgIpc) is 3.25. The summed E-state index contributed by atoms with van der Waals surface area (Å²) >= 11 is 6.17. The van der Waals surface area contributed by atoms with Crippen molar-refractivity contribution < 1.29 is 14.3 Å². The zero-order valence-corrected chi connectivity index (χ0v) is 17.0. The van der Waals surface area contributed by atoms with E-state index in [1.807, 2.05) is 60.7 Å². The molecular weight excluding hydrogens is 400 g/mol. The number of aromatic nitrogens is 1. The van der Waals surface area contributed by atoms with Crippen LogP contribution in [-0.4, -0.2) is 22.5 Å². The molecule has 30 heavy (non-hydrogen) atoms. The van der Waals surface area contributed by atoms with E-state index in [9.17, 15) is 9.90 Å². The molecule has 2 N–H and O–H groups in total. The maximum absolute atomic E-state index is 12.2. The monoisotopic (exact) mass is 420 g/mol. The smallest absolute Gasteiger partial charge is 0.220 e. The zero-order chi connectivity index (χ0) is 20.9. The third kappa shape index (κ3) is 4.70. The number of carbonyl (C=O) groups is 1. The highest BCUT2D eigenvalue weighted by molar-refractivity contribution is 6.33. The first-order chi connectivity index (χ1) is 14.6. The maximum atomic E-state index is 12.2. The largest absolute Gasteiger partial charge is 0.441 e. The van der Waals surface area contributed by atoms with Gasteiger partial charge < -0.3 is 14.8 Å². The number of fused-ring (bicyclic) bond motifs is 1. The summed E-state index contributed by atoms with van der Waals surface area (Å²) in [6.07, 6.45) is 1.42. The summed E-state index contributed by atoms with van der Waals surface area (Å²) < 4.78 is 5.71. The topological polar surface area (TPSA) is 75.4 Å². The number of nitrogens with zero attached hydrogens (tertiary/aromatic N) is 1. The number of rotatable bonds is 7. The molecule has 0 saturated heterocycles. The molecule has 0 fully saturated rings. The van der Waals surface area contributed by atoms with Crippen LogP contribution in [0.25, 0.3) is 22.1 Å². The van der Waals surface area contributed by atoms with Gasteiger partial charge in [-0.2, -0.15) is 0 Å². The average molecular weight is 421 g/mol. The van der Waals surface area contributed by atoms with Crippen molar-refractivity contribution in [2.24, 2.45) is 0 Å². The van der Waals surface area contributed by atoms with E-state index in [0.29, 0.717) is 23.1 Å². The number of halogens is 1. The summed E-state index contributed by atoms with van der Waals surface area (Å²) in [5.74, 6) is 0.866. The fourth-order valence-electron chi connectivity index (χ4n) is 3.26. The Bertz CT molecular complexity index is 1170. The van der Waals surface area contributed by atoms with Gasteiger partial charge >= 0.3 is 0 Å². The number of carbonyl (C=O) groups excluding carboxylic acids is 1. The number of aliphatic hydroxyl groups excluding tert-OH is 1. The van der Waals surface area contributed by atoms with Crippen molar-refractivity contribution in [2.45, 2.75) is 18.9 Å². The lowest BCUT2D eigenvalue weighted by Crippen LogP contribution is -2.28. The fourth-order valence-corrected chi connectivity index (χ4v) is 3.49. The van der Waals surface area contributed by atoms with E-state index in [4.69, 9.17) is 16.0 Å². The minimum Gasteiger partial charge on any atom is -0.441 e. The molecular formula is C24H21ClN2O3. The highest BCUT2D eigenvalue weighted by Crippen LogP contribution is 2.28. The summed E-state index contributed by atoms with van der Waals surface area (Å²) in [6.45, 7) is 0.146. The van der Waals surface area contributed by atoms with E-state index in [0.717, 1.165) is 21.9 Å². The third-order valence-corrected chi connectivity index (χ3v) is 5.24. The number of amides is 1. The van der Waals surface area contributed by atoms with Crippen molar-refractivity contribution in [3.8, 4) is 11.3 Å². The van der Waals surface area contributed by atoms with Crippen LogP contribution in [0.1, 0.15) is 24.0 Å². The van der Waals surface area contributed by atoms with E-state index in [1.165, 1.54) is 0 Å². The van der Waals surface area contributed by atoms with Gasteiger partial charge in [0.1, 0.15) is 0 Å². The molecule has 0 radical (unpaired) electrons. The van der Waals surface area contributed by atoms with Gasteiger partial charge in [-0.05, 0) is 34.5 Å². The van der Waals surface area contributed by atoms with Crippen molar-refractivity contribution in [2.75, 3.05) is 6.54 Å². The Morgan fingerprint density at radius 1 is 1.07 bits per heavy atom. The summed E-state index contributed by atoms with van der Waals surface area (Å²) in [7, 11) is 0. The number of oxazole rings is 1. The van der Waals surface area contributed by atoms with Gasteiger partial charge in [-0.15, -0.1) is 0 Å². The first kappa shape index (κ1) is 20.1. The standard InChI is InChI=1S/C24H21ClN2O3/c25-20-8-4-3-7-19(20)22-15-27-24(30-22)12-11-23(29)26-14-21(28)18-10-9-16-5-1-2-6-17(16)13-18/h1-10,13,15,21,28H,11-12,14H2,(H,26,29). The number of benzene rings is 3. The van der Waals surface area contributed by atoms with E-state index in [1.54, 1.807) is 12.3 Å². The highest BCUT2D eigenvalue weighted by Gasteiger charge is 2.13. The molecule has 4 rings (SSSR count). The lowest BCUT2D eigenvalue weighted by atomic mass is 10.0. The molecule has 1 aromatic heterocycles. The number of aliphatic hydroxyl groups is 1. The van der Waals surface area contributed by atoms with E-state index >= 15 is 0 Å². The Morgan fingerprint density at radius 2 is 1.83 bits per heavy atom. The summed E-state index contributed by atoms with van der Waals surface area (Å²) in [4.78, 5) is 16.4. The Hall–Kier alpha value is -3.15. The van der Waals surface area contributed by atoms with Crippen LogP contribution < -0.4 is 5.32 Å². The second kappa shape index (κ2) is 9.11. The second-order valence-corrected chi connectivity index (χ2v) is 7.43. The van der Waals surface area contributed by atoms with Gasteiger partial charge in [-0.25, -0.2) is 4.98 Å². The Morgan fingerprint density at radius 3 is 2.67 bits per heavy atom. The molecule has 4 aromatic rings. The quantitative estimate of drug-likeness (QED) is 0.444. The van der Waals surface area contributed by atoms with Crippen molar-refractivity contribution in [3.63, 3.8) is 0 Å². The van der Waals surface area contributed by atoms with Crippen LogP contribution in [0.4, 0.5) is 0 Å². The van der Waals surface area contributed by atoms with Crippen LogP contribution in [0.2, 0.25) is 5.02 Å². The van der Waals surface area contributed by atoms with E-state index in [-0.39, 0.29) is 18.9 Å². The van der Waals surface area contributed by atoms with Gasteiger partial charge in [0.15, 0.2) is 11.7 Å². The third-order valence-electron chi connectivity index (χ3n) is 4.91. The van der Waals surface area contributed by atoms with Crippen molar-refractivity contribution in [1.82, 2.24) is 10.3 Å². The maximum Gasteiger partial charge on any atom is 0.220 e. The number of hydrogen-bond donors (Lipinski definition) is 2. The number of aryl methyl sites for hydroxylation is 1. The Labute approximate surface area is 179 Å². The molecule has 0 spiro atoms. The van der Waals surface area contributed by atoms with Crippen LogP contribution in [0.5, 0.6) is 0 Å². The first-order valence-electron chi connectivity index (χ1n) is 9.73. The summed E-state index contributed by atoms with van der Waals surface area (Å²) in [6, 6.07) is 21.1. The fraction of sp³-hybridized carbons (Fsp3) is 0.167. The molecule has 152 valence electrons. The molecule has 1 unspecified atom stereocenters. The second-order valence-electron chi connectivity index (χ2n) is 7.02. The van der Waals surface area contributed by atoms with Gasteiger partial charge in [0, 0.05) is 24.9 Å². The van der Waals surface area contributed by atoms with Crippen molar-refractivity contribution >= 4 is 28.3 Å². The molecule has 0 saturated carbocycles. The molecule has 0 aliphatic carbocycles. The van der Waals surface area contributed by atoms with Crippen molar-refractivity contribution in [3.05, 3.63) is 89.4 Å². The van der Waals surface area contributed by atoms with Gasteiger partial charge in [0.2, 0.25) is 5.91 Å². The minimum absolute atomic E-state index is 0.146. The van der Waals surface area contributed by atoms with Crippen molar-refractivity contribution in [1.29, 1.82) is 0 Å². The molecule has 5 nitrogen and oxygen atoms in total. The van der Waals surface area contributed by atoms with Crippen LogP contribution in [0.3, 0.4) is 0 Å². The molecule has 1 amide bonds. The summed E-state index contributed by atoms with van der Waals surface area (Å²) in [5, 5.41) is 15.9. The van der Waals surface area contributed by atoms with Gasteiger partial charge in [0.05, 0.1) is 17.3 Å². The van der Waals surface area contributed by atoms with Crippen LogP contribution in [-0.2, 0) is 11.2 Å². The van der Waals surface area contributed by atoms with Crippen LogP contribution in [0.15, 0.2) is 77.3 Å². The molecule has 0 bridgehead atoms. The molecule has 0 aliphatic heterocycles. The zero-order valence-electron chi connectivity index (χ0n) is 16.2. The van der Waals surface area contributed by atoms with Gasteiger partial charge in [-0.1, -0.05) is 60.1 Å². The molecule has 3 aromatic carbocycles. The Kier molecular flexibility index (Phi) is 6.12. The normalized spacial score (nSPS) is 12.1. The highest BCUT2D eigenvalue weighted by atomic mass is 35.5. The van der Waals surface area contributed by atoms with E-state index < -0.39 is 6.10 Å². The van der Waals surface area contributed by atoms with Crippen LogP contribution >= 0.6 is 11.6 Å². The predicted molar refractivity (Wildman–Crippen MR) is 117 cm³/mol. The SMILES string of the molecule is O=C(CCc1ncc(-c2ccccc2Cl)o1)NCC(O)c1ccc2ccccc2c1. The Balaban J connectivity index is 1.29. The molecule has 1 heterocycles. The lowest BCUT2D eigenvalue weighted by molar-refractivity contribution is -0.121. The van der Waals surface area contributed by atoms with Gasteiger partial charge in [-0.3, -0.25) is 4.79 Å². The summed E-state index contributed by atoms with van der Waals surface area (Å²) in [5.41, 5.74) is 1.53. The molecule has 6 heteroatoms. The lowest BCUT2D eigenvalue weighted by Gasteiger charge is -2.13. The van der Waals surface area contributed by atoms with Crippen LogP contribution in [0, 0.1) is 0 Å². The number of nitrogens with one attached hydrogen (secondary N) is 1.